The van der Waals surface area contributed by atoms with E-state index in [0.29, 0.717) is 5.56 Å². The van der Waals surface area contributed by atoms with E-state index in [1.165, 1.54) is 0 Å². The van der Waals surface area contributed by atoms with E-state index in [2.05, 4.69) is 0 Å². The fourth-order valence-electron chi connectivity index (χ4n) is 1.51. The summed E-state index contributed by atoms with van der Waals surface area (Å²) in [6.45, 7) is 0.151. The highest BCUT2D eigenvalue weighted by atomic mass is 19.1. The first-order chi connectivity index (χ1) is 8.67. The van der Waals surface area contributed by atoms with Gasteiger partial charge in [-0.15, -0.1) is 0 Å². The summed E-state index contributed by atoms with van der Waals surface area (Å²) >= 11 is 0. The maximum Gasteiger partial charge on any atom is 0.129 e. The Morgan fingerprint density at radius 2 is 1.78 bits per heavy atom. The molecular weight excluding hydrogens is 236 g/mol. The van der Waals surface area contributed by atoms with Gasteiger partial charge in [0.05, 0.1) is 11.6 Å². The molecule has 0 bridgehead atoms. The van der Waals surface area contributed by atoms with Crippen molar-refractivity contribution in [1.82, 2.24) is 0 Å². The molecule has 2 aromatic carbocycles. The Kier molecular flexibility index (Phi) is 3.54. The standard InChI is InChI=1S/C14H9F2NO/c15-12-5-13(16)7-14(6-12)18-9-11-3-1-2-10(4-11)8-17/h1-7H,9H2. The molecule has 2 rings (SSSR count). The van der Waals surface area contributed by atoms with Gasteiger partial charge in [-0.3, -0.25) is 0 Å². The van der Waals surface area contributed by atoms with Crippen LogP contribution in [-0.2, 0) is 6.61 Å². The monoisotopic (exact) mass is 245 g/mol. The molecule has 0 aliphatic rings. The van der Waals surface area contributed by atoms with Gasteiger partial charge >= 0.3 is 0 Å². The summed E-state index contributed by atoms with van der Waals surface area (Å²) in [6, 6.07) is 11.8. The summed E-state index contributed by atoms with van der Waals surface area (Å²) in [5.74, 6) is -1.25. The van der Waals surface area contributed by atoms with Gasteiger partial charge in [-0.25, -0.2) is 8.78 Å². The molecule has 0 saturated carbocycles. The number of rotatable bonds is 3. The molecule has 0 spiro atoms. The van der Waals surface area contributed by atoms with E-state index < -0.39 is 11.6 Å². The summed E-state index contributed by atoms with van der Waals surface area (Å²) in [5.41, 5.74) is 1.28. The van der Waals surface area contributed by atoms with Crippen LogP contribution in [0.15, 0.2) is 42.5 Å². The zero-order valence-corrected chi connectivity index (χ0v) is 9.36. The maximum absolute atomic E-state index is 12.9. The number of nitriles is 1. The number of hydrogen-bond acceptors (Lipinski definition) is 2. The predicted molar refractivity (Wildman–Crippen MR) is 61.8 cm³/mol. The number of hydrogen-bond donors (Lipinski definition) is 0. The fourth-order valence-corrected chi connectivity index (χ4v) is 1.51. The Hall–Kier alpha value is -2.41. The van der Waals surface area contributed by atoms with Crippen molar-refractivity contribution in [2.24, 2.45) is 0 Å². The van der Waals surface area contributed by atoms with Crippen molar-refractivity contribution in [3.05, 3.63) is 65.2 Å². The fraction of sp³-hybridized carbons (Fsp3) is 0.0714. The predicted octanol–water partition coefficient (Wildman–Crippen LogP) is 3.42. The van der Waals surface area contributed by atoms with Crippen LogP contribution in [0.1, 0.15) is 11.1 Å². The Morgan fingerprint density at radius 3 is 2.44 bits per heavy atom. The van der Waals surface area contributed by atoms with Crippen molar-refractivity contribution >= 4 is 0 Å². The highest BCUT2D eigenvalue weighted by Crippen LogP contribution is 2.17. The largest absolute Gasteiger partial charge is 0.489 e. The zero-order chi connectivity index (χ0) is 13.0. The van der Waals surface area contributed by atoms with Crippen molar-refractivity contribution in [3.8, 4) is 11.8 Å². The molecule has 0 atom stereocenters. The molecule has 0 radical (unpaired) electrons. The molecular formula is C14H9F2NO. The molecule has 0 unspecified atom stereocenters. The molecule has 2 nitrogen and oxygen atoms in total. The van der Waals surface area contributed by atoms with Crippen LogP contribution >= 0.6 is 0 Å². The van der Waals surface area contributed by atoms with Crippen LogP contribution in [0, 0.1) is 23.0 Å². The second kappa shape index (κ2) is 5.28. The van der Waals surface area contributed by atoms with Gasteiger partial charge in [-0.05, 0) is 17.7 Å². The van der Waals surface area contributed by atoms with Crippen molar-refractivity contribution in [2.45, 2.75) is 6.61 Å². The summed E-state index contributed by atoms with van der Waals surface area (Å²) in [6.07, 6.45) is 0. The molecule has 18 heavy (non-hydrogen) atoms. The number of nitrogens with zero attached hydrogens (tertiary/aromatic N) is 1. The Bertz CT molecular complexity index is 585. The third-order valence-corrected chi connectivity index (χ3v) is 2.30. The minimum Gasteiger partial charge on any atom is -0.489 e. The van der Waals surface area contributed by atoms with Crippen LogP contribution in [0.4, 0.5) is 8.78 Å². The first-order valence-electron chi connectivity index (χ1n) is 5.25. The number of halogens is 2. The molecule has 0 heterocycles. The molecule has 0 aliphatic heterocycles. The molecule has 0 aromatic heterocycles. The lowest BCUT2D eigenvalue weighted by Crippen LogP contribution is -1.96. The molecule has 4 heteroatoms. The van der Waals surface area contributed by atoms with E-state index in [-0.39, 0.29) is 12.4 Å². The van der Waals surface area contributed by atoms with E-state index in [1.54, 1.807) is 24.3 Å². The summed E-state index contributed by atoms with van der Waals surface area (Å²) in [7, 11) is 0. The molecule has 0 aliphatic carbocycles. The third-order valence-electron chi connectivity index (χ3n) is 2.30. The zero-order valence-electron chi connectivity index (χ0n) is 9.36. The average Bonchev–Trinajstić information content (AvgIpc) is 2.35. The van der Waals surface area contributed by atoms with Gasteiger partial charge in [0.15, 0.2) is 0 Å². The van der Waals surface area contributed by atoms with Gasteiger partial charge in [0, 0.05) is 18.2 Å². The van der Waals surface area contributed by atoms with Crippen molar-refractivity contribution in [3.63, 3.8) is 0 Å². The highest BCUT2D eigenvalue weighted by molar-refractivity contribution is 5.33. The van der Waals surface area contributed by atoms with Gasteiger partial charge in [-0.2, -0.15) is 5.26 Å². The second-order valence-electron chi connectivity index (χ2n) is 3.71. The first-order valence-corrected chi connectivity index (χ1v) is 5.25. The molecule has 2 aromatic rings. The highest BCUT2D eigenvalue weighted by Gasteiger charge is 2.02. The van der Waals surface area contributed by atoms with Crippen molar-refractivity contribution in [2.75, 3.05) is 0 Å². The Balaban J connectivity index is 2.09. The van der Waals surface area contributed by atoms with Gasteiger partial charge < -0.3 is 4.74 Å². The van der Waals surface area contributed by atoms with Crippen molar-refractivity contribution < 1.29 is 13.5 Å². The minimum absolute atomic E-state index is 0.120. The lowest BCUT2D eigenvalue weighted by atomic mass is 10.1. The summed E-state index contributed by atoms with van der Waals surface area (Å²) in [4.78, 5) is 0. The van der Waals surface area contributed by atoms with E-state index in [9.17, 15) is 8.78 Å². The normalized spacial score (nSPS) is 9.83. The van der Waals surface area contributed by atoms with Crippen LogP contribution in [0.5, 0.6) is 5.75 Å². The lowest BCUT2D eigenvalue weighted by molar-refractivity contribution is 0.302. The number of ether oxygens (including phenoxy) is 1. The van der Waals surface area contributed by atoms with Gasteiger partial charge in [0.25, 0.3) is 0 Å². The quantitative estimate of drug-likeness (QED) is 0.830. The maximum atomic E-state index is 12.9. The summed E-state index contributed by atoms with van der Waals surface area (Å²) < 4.78 is 31.1. The van der Waals surface area contributed by atoms with E-state index in [4.69, 9.17) is 10.00 Å². The molecule has 0 saturated heterocycles. The third kappa shape index (κ3) is 3.05. The minimum atomic E-state index is -0.684. The topological polar surface area (TPSA) is 33.0 Å². The molecule has 0 fully saturated rings. The van der Waals surface area contributed by atoms with Crippen LogP contribution in [0.3, 0.4) is 0 Å². The van der Waals surface area contributed by atoms with Crippen LogP contribution < -0.4 is 4.74 Å². The van der Waals surface area contributed by atoms with Gasteiger partial charge in [-0.1, -0.05) is 12.1 Å². The molecule has 0 amide bonds. The SMILES string of the molecule is N#Cc1cccc(COc2cc(F)cc(F)c2)c1. The summed E-state index contributed by atoms with van der Waals surface area (Å²) in [5, 5.41) is 8.73. The molecule has 0 N–H and O–H groups in total. The lowest BCUT2D eigenvalue weighted by Gasteiger charge is -2.06. The van der Waals surface area contributed by atoms with Crippen LogP contribution in [0.2, 0.25) is 0 Å². The van der Waals surface area contributed by atoms with Gasteiger partial charge in [0.1, 0.15) is 24.0 Å². The van der Waals surface area contributed by atoms with E-state index in [0.717, 1.165) is 23.8 Å². The Morgan fingerprint density at radius 1 is 1.06 bits per heavy atom. The van der Waals surface area contributed by atoms with E-state index in [1.807, 2.05) is 6.07 Å². The number of benzene rings is 2. The van der Waals surface area contributed by atoms with Gasteiger partial charge in [0.2, 0.25) is 0 Å². The molecule has 90 valence electrons. The smallest absolute Gasteiger partial charge is 0.129 e. The first kappa shape index (κ1) is 12.1. The van der Waals surface area contributed by atoms with E-state index >= 15 is 0 Å². The van der Waals surface area contributed by atoms with Crippen LogP contribution in [0.25, 0.3) is 0 Å². The van der Waals surface area contributed by atoms with Crippen molar-refractivity contribution in [1.29, 1.82) is 5.26 Å². The second-order valence-corrected chi connectivity index (χ2v) is 3.71. The Labute approximate surface area is 103 Å². The average molecular weight is 245 g/mol. The van der Waals surface area contributed by atoms with Crippen LogP contribution in [-0.4, -0.2) is 0 Å².